The minimum Gasteiger partial charge on any atom is -0.490 e. The topological polar surface area (TPSA) is 29.5 Å². The van der Waals surface area contributed by atoms with Crippen molar-refractivity contribution in [2.24, 2.45) is 5.41 Å². The molecule has 2 nitrogen and oxygen atoms in total. The Kier molecular flexibility index (Phi) is 4.11. The first-order chi connectivity index (χ1) is 6.96. The molecule has 0 aliphatic heterocycles. The number of hydrogen-bond donors (Lipinski definition) is 1. The number of rotatable bonds is 4. The van der Waals surface area contributed by atoms with Crippen LogP contribution in [0.1, 0.15) is 13.8 Å². The van der Waals surface area contributed by atoms with Gasteiger partial charge < -0.3 is 9.84 Å². The molecule has 0 spiro atoms. The van der Waals surface area contributed by atoms with E-state index in [1.807, 2.05) is 13.8 Å². The van der Waals surface area contributed by atoms with E-state index in [4.69, 9.17) is 9.84 Å². The van der Waals surface area contributed by atoms with Gasteiger partial charge in [-0.2, -0.15) is 0 Å². The lowest BCUT2D eigenvalue weighted by Gasteiger charge is -2.21. The lowest BCUT2D eigenvalue weighted by Crippen LogP contribution is -2.25. The fourth-order valence-electron chi connectivity index (χ4n) is 0.914. The highest BCUT2D eigenvalue weighted by Gasteiger charge is 2.18. The molecule has 1 N–H and O–H groups in total. The minimum absolute atomic E-state index is 0.00260. The first-order valence-electron chi connectivity index (χ1n) is 4.64. The van der Waals surface area contributed by atoms with Gasteiger partial charge in [0.05, 0.1) is 17.7 Å². The second-order valence-corrected chi connectivity index (χ2v) is 5.02. The Balaban J connectivity index is 2.70. The number of ether oxygens (including phenoxy) is 1. The Morgan fingerprint density at radius 2 is 2.13 bits per heavy atom. The van der Waals surface area contributed by atoms with Crippen LogP contribution in [0.4, 0.5) is 4.39 Å². The second kappa shape index (κ2) is 4.94. The first-order valence-corrected chi connectivity index (χ1v) is 5.43. The Hall–Kier alpha value is -0.610. The lowest BCUT2D eigenvalue weighted by molar-refractivity contribution is 0.0953. The smallest absolute Gasteiger partial charge is 0.179 e. The van der Waals surface area contributed by atoms with Crippen molar-refractivity contribution in [2.75, 3.05) is 13.2 Å². The number of benzene rings is 1. The Labute approximate surface area is 97.2 Å². The van der Waals surface area contributed by atoms with Crippen molar-refractivity contribution in [1.82, 2.24) is 0 Å². The fourth-order valence-corrected chi connectivity index (χ4v) is 1.26. The molecule has 0 unspecified atom stereocenters. The van der Waals surface area contributed by atoms with Crippen LogP contribution >= 0.6 is 15.9 Å². The van der Waals surface area contributed by atoms with Crippen LogP contribution in [0.2, 0.25) is 0 Å². The molecule has 0 aliphatic carbocycles. The molecule has 84 valence electrons. The molecule has 0 fully saturated rings. The fraction of sp³-hybridized carbons (Fsp3) is 0.455. The van der Waals surface area contributed by atoms with Gasteiger partial charge in [0.1, 0.15) is 0 Å². The van der Waals surface area contributed by atoms with Gasteiger partial charge >= 0.3 is 0 Å². The van der Waals surface area contributed by atoms with Gasteiger partial charge in [-0.15, -0.1) is 0 Å². The molecule has 0 aromatic heterocycles. The van der Waals surface area contributed by atoms with Crippen molar-refractivity contribution < 1.29 is 14.2 Å². The van der Waals surface area contributed by atoms with Crippen LogP contribution < -0.4 is 4.74 Å². The normalized spacial score (nSPS) is 11.5. The van der Waals surface area contributed by atoms with Gasteiger partial charge in [-0.05, 0) is 28.1 Å². The highest BCUT2D eigenvalue weighted by Crippen LogP contribution is 2.26. The predicted molar refractivity (Wildman–Crippen MR) is 60.5 cm³/mol. The van der Waals surface area contributed by atoms with E-state index in [0.717, 1.165) is 0 Å². The summed E-state index contributed by atoms with van der Waals surface area (Å²) in [5, 5.41) is 9.01. The third-order valence-electron chi connectivity index (χ3n) is 1.96. The van der Waals surface area contributed by atoms with E-state index in [9.17, 15) is 4.39 Å². The maximum atomic E-state index is 13.4. The zero-order valence-corrected chi connectivity index (χ0v) is 10.3. The van der Waals surface area contributed by atoms with Crippen molar-refractivity contribution in [1.29, 1.82) is 0 Å². The molecule has 0 radical (unpaired) electrons. The zero-order chi connectivity index (χ0) is 11.5. The van der Waals surface area contributed by atoms with Crippen LogP contribution in [0, 0.1) is 11.2 Å². The first kappa shape index (κ1) is 12.5. The van der Waals surface area contributed by atoms with Crippen LogP contribution in [-0.4, -0.2) is 18.3 Å². The second-order valence-electron chi connectivity index (χ2n) is 4.16. The van der Waals surface area contributed by atoms with Gasteiger partial charge in [0.2, 0.25) is 0 Å². The molecule has 1 aromatic rings. The molecule has 0 atom stereocenters. The van der Waals surface area contributed by atoms with Crippen molar-refractivity contribution in [2.45, 2.75) is 13.8 Å². The van der Waals surface area contributed by atoms with Crippen LogP contribution in [0.25, 0.3) is 0 Å². The summed E-state index contributed by atoms with van der Waals surface area (Å²) in [7, 11) is 0. The lowest BCUT2D eigenvalue weighted by atomic mass is 9.96. The molecule has 4 heteroatoms. The van der Waals surface area contributed by atoms with E-state index in [0.29, 0.717) is 4.47 Å². The molecule has 0 bridgehead atoms. The summed E-state index contributed by atoms with van der Waals surface area (Å²) in [4.78, 5) is 0. The van der Waals surface area contributed by atoms with E-state index < -0.39 is 5.82 Å². The monoisotopic (exact) mass is 276 g/mol. The van der Waals surface area contributed by atoms with Gasteiger partial charge in [-0.3, -0.25) is 0 Å². The standard InChI is InChI=1S/C11H14BrFO2/c1-11(2,6-14)7-15-9-5-3-4-8(12)10(9)13/h3-5,14H,6-7H2,1-2H3. The molecular weight excluding hydrogens is 263 g/mol. The molecule has 0 saturated heterocycles. The van der Waals surface area contributed by atoms with Gasteiger partial charge in [-0.25, -0.2) is 4.39 Å². The highest BCUT2D eigenvalue weighted by molar-refractivity contribution is 9.10. The van der Waals surface area contributed by atoms with Crippen LogP contribution in [-0.2, 0) is 0 Å². The maximum Gasteiger partial charge on any atom is 0.179 e. The molecule has 0 saturated carbocycles. The third kappa shape index (κ3) is 3.47. The molecule has 1 rings (SSSR count). The van der Waals surface area contributed by atoms with Gasteiger partial charge in [0.25, 0.3) is 0 Å². The SMILES string of the molecule is CC(C)(CO)COc1cccc(Br)c1F. The Bertz CT molecular complexity index is 339. The van der Waals surface area contributed by atoms with E-state index in [1.165, 1.54) is 0 Å². The highest BCUT2D eigenvalue weighted by atomic mass is 79.9. The average molecular weight is 277 g/mol. The summed E-state index contributed by atoms with van der Waals surface area (Å²) in [6, 6.07) is 4.88. The van der Waals surface area contributed by atoms with E-state index in [-0.39, 0.29) is 24.4 Å². The number of halogens is 2. The minimum atomic E-state index is -0.411. The van der Waals surface area contributed by atoms with Gasteiger partial charge in [0.15, 0.2) is 11.6 Å². The molecule has 0 amide bonds. The number of aliphatic hydroxyl groups is 1. The molecular formula is C11H14BrFO2. The quantitative estimate of drug-likeness (QED) is 0.916. The summed E-state index contributed by atoms with van der Waals surface area (Å²) < 4.78 is 19.1. The van der Waals surface area contributed by atoms with E-state index in [1.54, 1.807) is 18.2 Å². The Morgan fingerprint density at radius 3 is 2.73 bits per heavy atom. The van der Waals surface area contributed by atoms with E-state index >= 15 is 0 Å². The summed E-state index contributed by atoms with van der Waals surface area (Å²) in [5.74, 6) is -0.211. The summed E-state index contributed by atoms with van der Waals surface area (Å²) >= 11 is 3.08. The molecule has 15 heavy (non-hydrogen) atoms. The van der Waals surface area contributed by atoms with E-state index in [2.05, 4.69) is 15.9 Å². The largest absolute Gasteiger partial charge is 0.490 e. The van der Waals surface area contributed by atoms with Crippen molar-refractivity contribution in [3.8, 4) is 5.75 Å². The number of hydrogen-bond acceptors (Lipinski definition) is 2. The van der Waals surface area contributed by atoms with Crippen LogP contribution in [0.15, 0.2) is 22.7 Å². The molecule has 1 aromatic carbocycles. The van der Waals surface area contributed by atoms with Crippen molar-refractivity contribution in [3.63, 3.8) is 0 Å². The average Bonchev–Trinajstić information content (AvgIpc) is 2.20. The van der Waals surface area contributed by atoms with Gasteiger partial charge in [-0.1, -0.05) is 19.9 Å². The zero-order valence-electron chi connectivity index (χ0n) is 8.76. The Morgan fingerprint density at radius 1 is 1.47 bits per heavy atom. The predicted octanol–water partition coefficient (Wildman–Crippen LogP) is 2.99. The number of aliphatic hydroxyl groups excluding tert-OH is 1. The van der Waals surface area contributed by atoms with Gasteiger partial charge in [0, 0.05) is 5.41 Å². The third-order valence-corrected chi connectivity index (χ3v) is 2.58. The summed E-state index contributed by atoms with van der Waals surface area (Å²) in [6.07, 6.45) is 0. The van der Waals surface area contributed by atoms with Crippen LogP contribution in [0.5, 0.6) is 5.75 Å². The van der Waals surface area contributed by atoms with Crippen molar-refractivity contribution in [3.05, 3.63) is 28.5 Å². The summed E-state index contributed by atoms with van der Waals surface area (Å²) in [5.41, 5.74) is -0.366. The summed E-state index contributed by atoms with van der Waals surface area (Å²) in [6.45, 7) is 3.98. The molecule has 0 heterocycles. The van der Waals surface area contributed by atoms with Crippen molar-refractivity contribution >= 4 is 15.9 Å². The van der Waals surface area contributed by atoms with Crippen LogP contribution in [0.3, 0.4) is 0 Å². The molecule has 0 aliphatic rings. The maximum absolute atomic E-state index is 13.4.